The fraction of sp³-hybridized carbons (Fsp3) is 0.115. The second kappa shape index (κ2) is 9.31. The van der Waals surface area contributed by atoms with E-state index in [1.54, 1.807) is 18.2 Å². The summed E-state index contributed by atoms with van der Waals surface area (Å²) in [4.78, 5) is 17.7. The summed E-state index contributed by atoms with van der Waals surface area (Å²) >= 11 is 0. The number of para-hydroxylation sites is 1. The molecule has 4 rings (SSSR count). The number of aryl methyl sites for hydroxylation is 1. The molecule has 4 aromatic rings. The summed E-state index contributed by atoms with van der Waals surface area (Å²) in [6, 6.07) is 22.2. The lowest BCUT2D eigenvalue weighted by molar-refractivity contribution is 0.0956. The number of aromatic nitrogens is 1. The third kappa shape index (κ3) is 4.59. The minimum absolute atomic E-state index is 0.0555. The third-order valence-corrected chi connectivity index (χ3v) is 4.97. The summed E-state index contributed by atoms with van der Waals surface area (Å²) in [7, 11) is 0. The number of hydrazone groups is 1. The maximum absolute atomic E-state index is 13.0. The molecule has 0 atom stereocenters. The molecule has 0 fully saturated rings. The van der Waals surface area contributed by atoms with Crippen LogP contribution >= 0.6 is 0 Å². The first-order chi connectivity index (χ1) is 15.5. The van der Waals surface area contributed by atoms with Crippen molar-refractivity contribution in [1.29, 1.82) is 0 Å². The normalized spacial score (nSPS) is 11.1. The van der Waals surface area contributed by atoms with Gasteiger partial charge in [0.2, 0.25) is 0 Å². The number of amides is 1. The molecule has 32 heavy (non-hydrogen) atoms. The molecule has 2 N–H and O–H groups in total. The maximum Gasteiger partial charge on any atom is 0.272 e. The van der Waals surface area contributed by atoms with Gasteiger partial charge in [-0.15, -0.1) is 0 Å². The Morgan fingerprint density at radius 2 is 1.88 bits per heavy atom. The number of nitrogens with one attached hydrogen (secondary N) is 1. The number of ether oxygens (including phenoxy) is 1. The predicted molar refractivity (Wildman–Crippen MR) is 126 cm³/mol. The van der Waals surface area contributed by atoms with Crippen molar-refractivity contribution < 1.29 is 14.6 Å². The van der Waals surface area contributed by atoms with Crippen molar-refractivity contribution in [2.45, 2.75) is 13.8 Å². The Labute approximate surface area is 186 Å². The lowest BCUT2D eigenvalue weighted by Gasteiger charge is -2.09. The van der Waals surface area contributed by atoms with Gasteiger partial charge in [-0.05, 0) is 49.7 Å². The van der Waals surface area contributed by atoms with E-state index in [0.29, 0.717) is 23.5 Å². The number of pyridine rings is 1. The molecule has 0 bridgehead atoms. The van der Waals surface area contributed by atoms with Crippen LogP contribution in [0.1, 0.15) is 28.4 Å². The number of aromatic hydroxyl groups is 1. The van der Waals surface area contributed by atoms with Crippen LogP contribution in [0, 0.1) is 6.92 Å². The number of carbonyl (C=O) groups excluding carboxylic acids is 1. The first-order valence-electron chi connectivity index (χ1n) is 10.3. The molecule has 0 unspecified atom stereocenters. The van der Waals surface area contributed by atoms with Crippen molar-refractivity contribution in [3.8, 4) is 22.8 Å². The molecule has 1 amide bonds. The second-order valence-electron chi connectivity index (χ2n) is 7.30. The average molecular weight is 425 g/mol. The van der Waals surface area contributed by atoms with E-state index in [4.69, 9.17) is 9.72 Å². The van der Waals surface area contributed by atoms with E-state index in [0.717, 1.165) is 27.7 Å². The van der Waals surface area contributed by atoms with Gasteiger partial charge in [0.25, 0.3) is 5.91 Å². The highest BCUT2D eigenvalue weighted by molar-refractivity contribution is 6.07. The van der Waals surface area contributed by atoms with Crippen LogP contribution in [-0.2, 0) is 0 Å². The van der Waals surface area contributed by atoms with Gasteiger partial charge in [0, 0.05) is 10.9 Å². The number of benzene rings is 3. The number of hydrogen-bond donors (Lipinski definition) is 2. The number of hydrogen-bond acceptors (Lipinski definition) is 5. The minimum Gasteiger partial charge on any atom is -0.504 e. The van der Waals surface area contributed by atoms with Crippen LogP contribution in [0.4, 0.5) is 0 Å². The molecule has 0 saturated heterocycles. The van der Waals surface area contributed by atoms with Crippen molar-refractivity contribution in [3.63, 3.8) is 0 Å². The molecule has 0 aliphatic carbocycles. The number of nitrogens with zero attached hydrogens (tertiary/aromatic N) is 2. The van der Waals surface area contributed by atoms with Crippen molar-refractivity contribution in [2.75, 3.05) is 6.61 Å². The third-order valence-electron chi connectivity index (χ3n) is 4.97. The van der Waals surface area contributed by atoms with Gasteiger partial charge in [0.1, 0.15) is 0 Å². The number of phenolic OH excluding ortho intramolecular Hbond substituents is 1. The molecule has 0 radical (unpaired) electrons. The van der Waals surface area contributed by atoms with Gasteiger partial charge in [0.15, 0.2) is 11.5 Å². The lowest BCUT2D eigenvalue weighted by Crippen LogP contribution is -2.18. The Morgan fingerprint density at radius 3 is 2.66 bits per heavy atom. The molecule has 0 saturated carbocycles. The Balaban J connectivity index is 1.62. The fourth-order valence-corrected chi connectivity index (χ4v) is 3.34. The quantitative estimate of drug-likeness (QED) is 0.333. The SMILES string of the molecule is CCOc1cc(/C=N/NC(=O)c2cc(-c3ccc(C)cc3)nc3ccccc23)ccc1O. The topological polar surface area (TPSA) is 83.8 Å². The van der Waals surface area contributed by atoms with E-state index >= 15 is 0 Å². The zero-order valence-electron chi connectivity index (χ0n) is 17.9. The van der Waals surface area contributed by atoms with E-state index in [-0.39, 0.29) is 11.7 Å². The van der Waals surface area contributed by atoms with Crippen LogP contribution < -0.4 is 10.2 Å². The zero-order chi connectivity index (χ0) is 22.5. The molecule has 3 aromatic carbocycles. The molecule has 0 spiro atoms. The Morgan fingerprint density at radius 1 is 1.09 bits per heavy atom. The molecule has 160 valence electrons. The van der Waals surface area contributed by atoms with Crippen LogP contribution in [0.2, 0.25) is 0 Å². The number of phenols is 1. The number of fused-ring (bicyclic) bond motifs is 1. The largest absolute Gasteiger partial charge is 0.504 e. The number of carbonyl (C=O) groups is 1. The summed E-state index contributed by atoms with van der Waals surface area (Å²) in [5.41, 5.74) is 7.32. The minimum atomic E-state index is -0.336. The summed E-state index contributed by atoms with van der Waals surface area (Å²) < 4.78 is 5.38. The van der Waals surface area contributed by atoms with Gasteiger partial charge >= 0.3 is 0 Å². The average Bonchev–Trinajstić information content (AvgIpc) is 2.81. The van der Waals surface area contributed by atoms with Gasteiger partial charge in [-0.2, -0.15) is 5.10 Å². The van der Waals surface area contributed by atoms with Gasteiger partial charge in [0.05, 0.1) is 29.6 Å². The first kappa shape index (κ1) is 21.1. The van der Waals surface area contributed by atoms with Gasteiger partial charge in [-0.3, -0.25) is 4.79 Å². The van der Waals surface area contributed by atoms with Gasteiger partial charge < -0.3 is 9.84 Å². The van der Waals surface area contributed by atoms with Crippen molar-refractivity contribution in [1.82, 2.24) is 10.4 Å². The molecular formula is C26H23N3O3. The lowest BCUT2D eigenvalue weighted by atomic mass is 10.0. The predicted octanol–water partition coefficient (Wildman–Crippen LogP) is 5.08. The van der Waals surface area contributed by atoms with Crippen LogP contribution in [-0.4, -0.2) is 28.8 Å². The van der Waals surface area contributed by atoms with E-state index in [1.807, 2.05) is 62.4 Å². The highest BCUT2D eigenvalue weighted by Crippen LogP contribution is 2.27. The van der Waals surface area contributed by atoms with Gasteiger partial charge in [-0.1, -0.05) is 48.0 Å². The monoisotopic (exact) mass is 425 g/mol. The summed E-state index contributed by atoms with van der Waals surface area (Å²) in [6.45, 7) is 4.30. The van der Waals surface area contributed by atoms with E-state index in [1.165, 1.54) is 12.3 Å². The Kier molecular flexibility index (Phi) is 6.12. The molecule has 6 heteroatoms. The summed E-state index contributed by atoms with van der Waals surface area (Å²) in [6.07, 6.45) is 1.50. The smallest absolute Gasteiger partial charge is 0.272 e. The summed E-state index contributed by atoms with van der Waals surface area (Å²) in [5, 5.41) is 14.7. The molecular weight excluding hydrogens is 402 g/mol. The van der Waals surface area contributed by atoms with Crippen LogP contribution in [0.25, 0.3) is 22.2 Å². The molecule has 0 aliphatic rings. The van der Waals surface area contributed by atoms with E-state index in [2.05, 4.69) is 10.5 Å². The van der Waals surface area contributed by atoms with Crippen LogP contribution in [0.15, 0.2) is 77.9 Å². The fourth-order valence-electron chi connectivity index (χ4n) is 3.34. The Bertz CT molecular complexity index is 1300. The Hall–Kier alpha value is -4.19. The zero-order valence-corrected chi connectivity index (χ0v) is 17.9. The first-order valence-corrected chi connectivity index (χ1v) is 10.3. The van der Waals surface area contributed by atoms with Crippen LogP contribution in [0.3, 0.4) is 0 Å². The molecule has 6 nitrogen and oxygen atoms in total. The van der Waals surface area contributed by atoms with Crippen LogP contribution in [0.5, 0.6) is 11.5 Å². The highest BCUT2D eigenvalue weighted by atomic mass is 16.5. The molecule has 1 aromatic heterocycles. The highest BCUT2D eigenvalue weighted by Gasteiger charge is 2.13. The van der Waals surface area contributed by atoms with Gasteiger partial charge in [-0.25, -0.2) is 10.4 Å². The summed E-state index contributed by atoms with van der Waals surface area (Å²) in [5.74, 6) is 0.0857. The van der Waals surface area contributed by atoms with Crippen molar-refractivity contribution >= 4 is 23.0 Å². The van der Waals surface area contributed by atoms with Crippen molar-refractivity contribution in [3.05, 3.63) is 89.5 Å². The molecule has 1 heterocycles. The van der Waals surface area contributed by atoms with E-state index < -0.39 is 0 Å². The number of rotatable bonds is 6. The molecule has 0 aliphatic heterocycles. The second-order valence-corrected chi connectivity index (χ2v) is 7.30. The maximum atomic E-state index is 13.0. The van der Waals surface area contributed by atoms with E-state index in [9.17, 15) is 9.90 Å². The van der Waals surface area contributed by atoms with Crippen molar-refractivity contribution in [2.24, 2.45) is 5.10 Å². The standard InChI is InChI=1S/C26H23N3O3/c1-3-32-25-14-18(10-13-24(25)30)16-27-29-26(31)21-15-23(19-11-8-17(2)9-12-19)28-22-7-5-4-6-20(21)22/h4-16,30H,3H2,1-2H3,(H,29,31)/b27-16+.